The molecule has 0 rings (SSSR count). The Kier molecular flexibility index (Phi) is 5.50. The summed E-state index contributed by atoms with van der Waals surface area (Å²) in [5.41, 5.74) is 0. The maximum atomic E-state index is 11.1. The second-order valence-electron chi connectivity index (χ2n) is 3.14. The molecule has 0 bridgehead atoms. The number of rotatable bonds is 6. The molecule has 4 heteroatoms. The summed E-state index contributed by atoms with van der Waals surface area (Å²) in [5, 5.41) is 8.88. The van der Waals surface area contributed by atoms with Crippen LogP contribution in [0.3, 0.4) is 0 Å². The topological polar surface area (TPSA) is 54.4 Å². The molecule has 74 valence electrons. The van der Waals surface area contributed by atoms with Crippen molar-refractivity contribution in [1.29, 1.82) is 0 Å². The largest absolute Gasteiger partial charge is 0.393 e. The SMILES string of the molecule is CCCS(=O)(=O)CCCC(C)O. The van der Waals surface area contributed by atoms with Crippen molar-refractivity contribution in [3.63, 3.8) is 0 Å². The molecule has 0 aromatic heterocycles. The summed E-state index contributed by atoms with van der Waals surface area (Å²) in [4.78, 5) is 0. The minimum Gasteiger partial charge on any atom is -0.393 e. The van der Waals surface area contributed by atoms with E-state index in [9.17, 15) is 8.42 Å². The molecule has 3 nitrogen and oxygen atoms in total. The van der Waals surface area contributed by atoms with Gasteiger partial charge in [-0.1, -0.05) is 6.92 Å². The smallest absolute Gasteiger partial charge is 0.150 e. The average molecular weight is 194 g/mol. The van der Waals surface area contributed by atoms with Gasteiger partial charge in [-0.2, -0.15) is 0 Å². The summed E-state index contributed by atoms with van der Waals surface area (Å²) < 4.78 is 22.3. The van der Waals surface area contributed by atoms with Gasteiger partial charge < -0.3 is 5.11 Å². The first-order chi connectivity index (χ1) is 5.48. The first-order valence-electron chi connectivity index (χ1n) is 4.36. The molecule has 0 radical (unpaired) electrons. The van der Waals surface area contributed by atoms with Crippen molar-refractivity contribution in [2.45, 2.75) is 39.2 Å². The van der Waals surface area contributed by atoms with Gasteiger partial charge in [0.25, 0.3) is 0 Å². The van der Waals surface area contributed by atoms with Crippen LogP contribution in [0.2, 0.25) is 0 Å². The quantitative estimate of drug-likeness (QED) is 0.685. The van der Waals surface area contributed by atoms with Crippen molar-refractivity contribution < 1.29 is 13.5 Å². The predicted molar refractivity (Wildman–Crippen MR) is 49.9 cm³/mol. The van der Waals surface area contributed by atoms with E-state index in [-0.39, 0.29) is 17.6 Å². The molecular weight excluding hydrogens is 176 g/mol. The fraction of sp³-hybridized carbons (Fsp3) is 1.00. The standard InChI is InChI=1S/C8H18O3S/c1-3-6-12(10,11)7-4-5-8(2)9/h8-9H,3-7H2,1-2H3. The molecular formula is C8H18O3S. The second kappa shape index (κ2) is 5.54. The van der Waals surface area contributed by atoms with Crippen molar-refractivity contribution in [2.75, 3.05) is 11.5 Å². The molecule has 0 amide bonds. The fourth-order valence-electron chi connectivity index (χ4n) is 1.01. The Labute approximate surface area is 74.7 Å². The predicted octanol–water partition coefficient (Wildman–Crippen LogP) is 0.972. The summed E-state index contributed by atoms with van der Waals surface area (Å²) in [6, 6.07) is 0. The third-order valence-electron chi connectivity index (χ3n) is 1.59. The highest BCUT2D eigenvalue weighted by atomic mass is 32.2. The van der Waals surface area contributed by atoms with Crippen LogP contribution in [0.1, 0.15) is 33.1 Å². The van der Waals surface area contributed by atoms with Crippen LogP contribution in [0.4, 0.5) is 0 Å². The van der Waals surface area contributed by atoms with E-state index in [0.29, 0.717) is 19.3 Å². The zero-order chi connectivity index (χ0) is 9.61. The van der Waals surface area contributed by atoms with Crippen LogP contribution in [0.15, 0.2) is 0 Å². The van der Waals surface area contributed by atoms with E-state index in [1.165, 1.54) is 0 Å². The molecule has 0 aromatic rings. The zero-order valence-corrected chi connectivity index (χ0v) is 8.60. The number of aliphatic hydroxyl groups is 1. The summed E-state index contributed by atoms with van der Waals surface area (Å²) in [5.74, 6) is 0.485. The van der Waals surface area contributed by atoms with Crippen LogP contribution >= 0.6 is 0 Å². The van der Waals surface area contributed by atoms with Gasteiger partial charge in [-0.3, -0.25) is 0 Å². The van der Waals surface area contributed by atoms with E-state index in [0.717, 1.165) is 0 Å². The third-order valence-corrected chi connectivity index (χ3v) is 3.53. The van der Waals surface area contributed by atoms with Gasteiger partial charge in [0, 0.05) is 5.75 Å². The summed E-state index contributed by atoms with van der Waals surface area (Å²) in [7, 11) is -2.84. The highest BCUT2D eigenvalue weighted by Gasteiger charge is 2.08. The molecule has 0 saturated heterocycles. The molecule has 0 aliphatic carbocycles. The van der Waals surface area contributed by atoms with Crippen molar-refractivity contribution >= 4 is 9.84 Å². The Morgan fingerprint density at radius 2 is 1.92 bits per heavy atom. The van der Waals surface area contributed by atoms with Crippen molar-refractivity contribution in [3.8, 4) is 0 Å². The van der Waals surface area contributed by atoms with Crippen LogP contribution in [-0.2, 0) is 9.84 Å². The van der Waals surface area contributed by atoms with Gasteiger partial charge in [0.15, 0.2) is 0 Å². The van der Waals surface area contributed by atoms with Gasteiger partial charge >= 0.3 is 0 Å². The van der Waals surface area contributed by atoms with E-state index < -0.39 is 9.84 Å². The van der Waals surface area contributed by atoms with Gasteiger partial charge in [-0.15, -0.1) is 0 Å². The van der Waals surface area contributed by atoms with Gasteiger partial charge in [0.2, 0.25) is 0 Å². The number of sulfone groups is 1. The first kappa shape index (κ1) is 11.9. The lowest BCUT2D eigenvalue weighted by Gasteiger charge is -2.04. The first-order valence-corrected chi connectivity index (χ1v) is 6.18. The molecule has 0 aliphatic heterocycles. The molecule has 0 aromatic carbocycles. The van der Waals surface area contributed by atoms with Crippen LogP contribution in [0, 0.1) is 0 Å². The highest BCUT2D eigenvalue weighted by molar-refractivity contribution is 7.91. The molecule has 1 unspecified atom stereocenters. The lowest BCUT2D eigenvalue weighted by atomic mass is 10.2. The number of hydrogen-bond acceptors (Lipinski definition) is 3. The molecule has 0 aliphatic rings. The van der Waals surface area contributed by atoms with Crippen molar-refractivity contribution in [2.24, 2.45) is 0 Å². The normalized spacial score (nSPS) is 14.6. The molecule has 0 fully saturated rings. The second-order valence-corrected chi connectivity index (χ2v) is 5.45. The van der Waals surface area contributed by atoms with Gasteiger partial charge in [0.05, 0.1) is 11.9 Å². The van der Waals surface area contributed by atoms with Crippen molar-refractivity contribution in [1.82, 2.24) is 0 Å². The maximum Gasteiger partial charge on any atom is 0.150 e. The van der Waals surface area contributed by atoms with Crippen LogP contribution in [-0.4, -0.2) is 31.1 Å². The average Bonchev–Trinajstić information content (AvgIpc) is 1.85. The van der Waals surface area contributed by atoms with E-state index in [1.54, 1.807) is 6.92 Å². The lowest BCUT2D eigenvalue weighted by Crippen LogP contribution is -2.12. The Morgan fingerprint density at radius 1 is 1.33 bits per heavy atom. The van der Waals surface area contributed by atoms with Crippen LogP contribution in [0.25, 0.3) is 0 Å². The Hall–Kier alpha value is -0.0900. The Bertz CT molecular complexity index is 194. The minimum atomic E-state index is -2.84. The third kappa shape index (κ3) is 6.61. The van der Waals surface area contributed by atoms with Crippen LogP contribution in [0.5, 0.6) is 0 Å². The lowest BCUT2D eigenvalue weighted by molar-refractivity contribution is 0.184. The maximum absolute atomic E-state index is 11.1. The fourth-order valence-corrected chi connectivity index (χ4v) is 2.44. The molecule has 1 N–H and O–H groups in total. The van der Waals surface area contributed by atoms with Gasteiger partial charge in [-0.05, 0) is 26.2 Å². The molecule has 0 spiro atoms. The van der Waals surface area contributed by atoms with Crippen LogP contribution < -0.4 is 0 Å². The van der Waals surface area contributed by atoms with E-state index in [4.69, 9.17) is 5.11 Å². The van der Waals surface area contributed by atoms with Gasteiger partial charge in [-0.25, -0.2) is 8.42 Å². The molecule has 0 heterocycles. The van der Waals surface area contributed by atoms with E-state index >= 15 is 0 Å². The number of aliphatic hydroxyl groups excluding tert-OH is 1. The monoisotopic (exact) mass is 194 g/mol. The van der Waals surface area contributed by atoms with Crippen molar-refractivity contribution in [3.05, 3.63) is 0 Å². The minimum absolute atomic E-state index is 0.214. The van der Waals surface area contributed by atoms with E-state index in [1.807, 2.05) is 6.92 Å². The Morgan fingerprint density at radius 3 is 2.33 bits per heavy atom. The van der Waals surface area contributed by atoms with Gasteiger partial charge in [0.1, 0.15) is 9.84 Å². The van der Waals surface area contributed by atoms with E-state index in [2.05, 4.69) is 0 Å². The summed E-state index contributed by atoms with van der Waals surface area (Å²) in [6.07, 6.45) is 1.43. The Balaban J connectivity index is 3.62. The summed E-state index contributed by atoms with van der Waals surface area (Å²) >= 11 is 0. The number of hydrogen-bond donors (Lipinski definition) is 1. The highest BCUT2D eigenvalue weighted by Crippen LogP contribution is 2.01. The molecule has 1 atom stereocenters. The molecule has 12 heavy (non-hydrogen) atoms. The molecule has 0 saturated carbocycles. The summed E-state index contributed by atoms with van der Waals surface area (Å²) in [6.45, 7) is 3.53. The zero-order valence-electron chi connectivity index (χ0n) is 7.78.